The molecule has 1 saturated carbocycles. The van der Waals surface area contributed by atoms with Gasteiger partial charge in [-0.2, -0.15) is 17.7 Å². The van der Waals surface area contributed by atoms with Gasteiger partial charge in [0, 0.05) is 16.4 Å². The smallest absolute Gasteiger partial charge is 0.350 e. The maximum atomic E-state index is 14.0. The van der Waals surface area contributed by atoms with Crippen molar-refractivity contribution in [3.05, 3.63) is 118 Å². The summed E-state index contributed by atoms with van der Waals surface area (Å²) in [5.74, 6) is -4.99. The number of benzene rings is 3. The number of alkyl halides is 3. The van der Waals surface area contributed by atoms with Crippen LogP contribution in [0.4, 0.5) is 22.0 Å². The normalized spacial score (nSPS) is 18.1. The first-order valence-electron chi connectivity index (χ1n) is 14.6. The molecular weight excluding hydrogens is 691 g/mol. The summed E-state index contributed by atoms with van der Waals surface area (Å²) in [6.45, 7) is -0.426. The van der Waals surface area contributed by atoms with Crippen LogP contribution in [0.25, 0.3) is 0 Å². The maximum Gasteiger partial charge on any atom is 0.491 e. The van der Waals surface area contributed by atoms with Crippen LogP contribution < -0.4 is 19.9 Å². The molecule has 0 saturated heterocycles. The molecule has 3 aromatic carbocycles. The second kappa shape index (κ2) is 14.4. The zero-order valence-corrected chi connectivity index (χ0v) is 26.2. The summed E-state index contributed by atoms with van der Waals surface area (Å²) >= 11 is 3.42. The van der Waals surface area contributed by atoms with Gasteiger partial charge < -0.3 is 15.4 Å². The molecule has 1 aliphatic rings. The third-order valence-corrected chi connectivity index (χ3v) is 8.53. The molecule has 0 unspecified atom stereocenters. The number of hydrogen-bond acceptors (Lipinski definition) is 4. The van der Waals surface area contributed by atoms with E-state index in [0.29, 0.717) is 30.4 Å². The fourth-order valence-corrected chi connectivity index (χ4v) is 6.01. The lowest BCUT2D eigenvalue weighted by Crippen LogP contribution is -2.49. The Morgan fingerprint density at radius 3 is 2.09 bits per heavy atom. The fourth-order valence-electron chi connectivity index (χ4n) is 5.75. The highest BCUT2D eigenvalue weighted by Crippen LogP contribution is 2.39. The van der Waals surface area contributed by atoms with Crippen molar-refractivity contribution in [3.8, 4) is 6.01 Å². The summed E-state index contributed by atoms with van der Waals surface area (Å²) in [6, 6.07) is 17.2. The van der Waals surface area contributed by atoms with Crippen molar-refractivity contribution in [1.29, 1.82) is 0 Å². The predicted octanol–water partition coefficient (Wildman–Crippen LogP) is 5.79. The first kappa shape index (κ1) is 33.8. The van der Waals surface area contributed by atoms with E-state index >= 15 is 0 Å². The molecule has 0 radical (unpaired) electrons. The Labute approximate surface area is 274 Å². The van der Waals surface area contributed by atoms with Crippen LogP contribution in [0.1, 0.15) is 47.9 Å². The van der Waals surface area contributed by atoms with Gasteiger partial charge in [-0.3, -0.25) is 9.59 Å². The molecule has 3 N–H and O–H groups in total. The van der Waals surface area contributed by atoms with E-state index < -0.39 is 54.2 Å². The van der Waals surface area contributed by atoms with E-state index in [0.717, 1.165) is 14.6 Å². The number of nitrogens with one attached hydrogen (secondary N) is 3. The third kappa shape index (κ3) is 8.61. The number of halogens is 6. The average molecular weight is 721 g/mol. The van der Waals surface area contributed by atoms with Crippen molar-refractivity contribution in [1.82, 2.24) is 15.6 Å². The second-order valence-corrected chi connectivity index (χ2v) is 12.1. The van der Waals surface area contributed by atoms with E-state index in [1.807, 2.05) is 24.3 Å². The Bertz CT molecular complexity index is 1670. The Morgan fingerprint density at radius 1 is 0.915 bits per heavy atom. The number of ether oxygens (including phenoxy) is 1. The topological polar surface area (TPSA) is 104 Å². The molecule has 14 heteroatoms. The van der Waals surface area contributed by atoms with E-state index in [-0.39, 0.29) is 17.9 Å². The van der Waals surface area contributed by atoms with Gasteiger partial charge in [0.15, 0.2) is 6.54 Å². The monoisotopic (exact) mass is 719 g/mol. The number of H-pyrrole nitrogens is 1. The molecule has 1 aliphatic carbocycles. The zero-order valence-electron chi connectivity index (χ0n) is 24.6. The van der Waals surface area contributed by atoms with Crippen LogP contribution in [0.2, 0.25) is 0 Å². The predicted molar refractivity (Wildman–Crippen MR) is 162 cm³/mol. The second-order valence-electron chi connectivity index (χ2n) is 11.2. The molecule has 47 heavy (non-hydrogen) atoms. The molecule has 1 heterocycles. The van der Waals surface area contributed by atoms with E-state index in [1.165, 1.54) is 36.7 Å². The Hall–Kier alpha value is -4.59. The molecule has 0 aliphatic heterocycles. The number of carbonyl (C=O) groups excluding carboxylic acids is 3. The Kier molecular flexibility index (Phi) is 10.4. The van der Waals surface area contributed by atoms with E-state index in [9.17, 15) is 36.3 Å². The van der Waals surface area contributed by atoms with Gasteiger partial charge in [-0.25, -0.2) is 18.6 Å². The number of nitrogens with zero attached hydrogens (tertiary/aromatic N) is 1. The third-order valence-electron chi connectivity index (χ3n) is 8.00. The van der Waals surface area contributed by atoms with Gasteiger partial charge in [0.25, 0.3) is 5.91 Å². The number of rotatable bonds is 9. The number of amides is 2. The highest BCUT2D eigenvalue weighted by molar-refractivity contribution is 9.10. The van der Waals surface area contributed by atoms with E-state index in [2.05, 4.69) is 36.3 Å². The fraction of sp³-hybridized carbons (Fsp3) is 0.273. The first-order chi connectivity index (χ1) is 22.4. The summed E-state index contributed by atoms with van der Waals surface area (Å²) < 4.78 is 71.7. The van der Waals surface area contributed by atoms with Crippen molar-refractivity contribution in [2.75, 3.05) is 0 Å². The summed E-state index contributed by atoms with van der Waals surface area (Å²) in [7, 11) is 0. The van der Waals surface area contributed by atoms with Crippen LogP contribution in [0.3, 0.4) is 0 Å². The molecular formula is C33H29BrF5N4O4+. The van der Waals surface area contributed by atoms with Gasteiger partial charge in [0.2, 0.25) is 5.91 Å². The summed E-state index contributed by atoms with van der Waals surface area (Å²) in [4.78, 5) is 40.6. The molecule has 3 atom stereocenters. The number of hydrogen-bond donors (Lipinski definition) is 3. The molecule has 4 aromatic rings. The molecule has 2 amide bonds. The molecule has 0 bridgehead atoms. The first-order valence-corrected chi connectivity index (χ1v) is 15.4. The van der Waals surface area contributed by atoms with Crippen LogP contribution in [-0.4, -0.2) is 35.0 Å². The summed E-state index contributed by atoms with van der Waals surface area (Å²) in [6.07, 6.45) is -1.55. The van der Waals surface area contributed by atoms with E-state index in [1.54, 1.807) is 24.3 Å². The van der Waals surface area contributed by atoms with Crippen molar-refractivity contribution in [3.63, 3.8) is 0 Å². The van der Waals surface area contributed by atoms with Gasteiger partial charge in [-0.1, -0.05) is 52.3 Å². The van der Waals surface area contributed by atoms with Crippen molar-refractivity contribution < 1.29 is 45.6 Å². The zero-order chi connectivity index (χ0) is 33.7. The van der Waals surface area contributed by atoms with Crippen molar-refractivity contribution in [2.45, 2.75) is 50.0 Å². The SMILES string of the molecule is O=C(C[n+]1cc[nH]c1OC(=O)C(F)(F)F)N[C@@H]1CC[C@@H](C(=O)NC(c2ccc(F)cc2)c2ccc(F)cc2)[C@H](c2ccc(Br)cc2)C1. The van der Waals surface area contributed by atoms with Gasteiger partial charge in [-0.15, -0.1) is 0 Å². The van der Waals surface area contributed by atoms with Crippen molar-refractivity contribution >= 4 is 33.7 Å². The van der Waals surface area contributed by atoms with E-state index in [4.69, 9.17) is 0 Å². The number of esters is 1. The quantitative estimate of drug-likeness (QED) is 0.116. The lowest BCUT2D eigenvalue weighted by atomic mass is 9.73. The molecule has 1 aromatic heterocycles. The highest BCUT2D eigenvalue weighted by atomic mass is 79.9. The molecule has 5 rings (SSSR count). The average Bonchev–Trinajstić information content (AvgIpc) is 3.46. The summed E-state index contributed by atoms with van der Waals surface area (Å²) in [5, 5.41) is 5.97. The lowest BCUT2D eigenvalue weighted by molar-refractivity contribution is -0.687. The highest BCUT2D eigenvalue weighted by Gasteiger charge is 2.43. The standard InChI is InChI=1S/C33H28BrF5N4O4/c34-22-7-1-19(2-8-22)27-17-25(41-28(44)18-43-16-15-40-32(43)47-31(46)33(37,38)39)13-14-26(27)30(45)42-29(20-3-9-23(35)10-4-20)21-5-11-24(36)12-6-21/h1-12,15-16,25-27,29H,13-14,17-18H2,(H2,41,42,44,45)/p+1/t25-,26-,27+/m1/s1. The van der Waals surface area contributed by atoms with Crippen LogP contribution >= 0.6 is 15.9 Å². The molecule has 0 spiro atoms. The van der Waals surface area contributed by atoms with Crippen molar-refractivity contribution in [2.24, 2.45) is 5.92 Å². The lowest BCUT2D eigenvalue weighted by Gasteiger charge is -2.37. The number of aromatic nitrogens is 2. The van der Waals surface area contributed by atoms with Gasteiger partial charge in [0.05, 0.1) is 6.04 Å². The molecule has 8 nitrogen and oxygen atoms in total. The Morgan fingerprint density at radius 2 is 1.51 bits per heavy atom. The van der Waals surface area contributed by atoms with Crippen LogP contribution in [0.5, 0.6) is 6.01 Å². The van der Waals surface area contributed by atoms with Crippen LogP contribution in [-0.2, 0) is 20.9 Å². The maximum absolute atomic E-state index is 14.0. The van der Waals surface area contributed by atoms with Gasteiger partial charge >= 0.3 is 18.2 Å². The number of aromatic amines is 1. The van der Waals surface area contributed by atoms with Gasteiger partial charge in [-0.05, 0) is 78.3 Å². The number of imidazole rings is 1. The minimum absolute atomic E-state index is 0.277. The molecule has 1 fully saturated rings. The van der Waals surface area contributed by atoms with Crippen LogP contribution in [0, 0.1) is 17.6 Å². The van der Waals surface area contributed by atoms with Gasteiger partial charge in [0.1, 0.15) is 24.0 Å². The van der Waals surface area contributed by atoms with Crippen LogP contribution in [0.15, 0.2) is 89.7 Å². The molecule has 246 valence electrons. The minimum Gasteiger partial charge on any atom is -0.350 e. The largest absolute Gasteiger partial charge is 0.491 e. The minimum atomic E-state index is -5.21. The Balaban J connectivity index is 1.32. The summed E-state index contributed by atoms with van der Waals surface area (Å²) in [5.41, 5.74) is 2.07. The number of carbonyl (C=O) groups is 3.